The van der Waals surface area contributed by atoms with Crippen molar-refractivity contribution in [1.82, 2.24) is 15.5 Å². The number of halogens is 2. The van der Waals surface area contributed by atoms with E-state index in [1.54, 1.807) is 20.8 Å². The van der Waals surface area contributed by atoms with Crippen LogP contribution in [0.1, 0.15) is 32.3 Å². The summed E-state index contributed by atoms with van der Waals surface area (Å²) in [6.45, 7) is 5.91. The molecule has 0 fully saturated rings. The summed E-state index contributed by atoms with van der Waals surface area (Å²) < 4.78 is 33.0. The van der Waals surface area contributed by atoms with Gasteiger partial charge in [0.15, 0.2) is 0 Å². The number of nitrogens with one attached hydrogen (secondary N) is 2. The molecule has 0 saturated carbocycles. The van der Waals surface area contributed by atoms with Gasteiger partial charge in [-0.25, -0.2) is 13.6 Å². The van der Waals surface area contributed by atoms with Crippen molar-refractivity contribution in [3.63, 3.8) is 0 Å². The molecule has 0 unspecified atom stereocenters. The van der Waals surface area contributed by atoms with Crippen LogP contribution >= 0.6 is 0 Å². The third kappa shape index (κ3) is 5.72. The molecule has 0 aliphatic carbocycles. The van der Waals surface area contributed by atoms with E-state index in [0.717, 1.165) is 23.1 Å². The van der Waals surface area contributed by atoms with Gasteiger partial charge in [0.2, 0.25) is 11.9 Å². The number of alkyl carbamates (subject to hydrolysis) is 1. The number of ether oxygens (including phenoxy) is 1. The molecule has 2 rings (SSSR count). The van der Waals surface area contributed by atoms with E-state index in [4.69, 9.17) is 4.74 Å². The number of likely N-dealkylation sites (N-methyl/N-ethyl adjacent to an activating group) is 1. The molecule has 1 aromatic rings. The number of benzene rings is 1. The van der Waals surface area contributed by atoms with Gasteiger partial charge < -0.3 is 10.1 Å². The summed E-state index contributed by atoms with van der Waals surface area (Å²) in [5.41, 5.74) is -0.779. The minimum atomic E-state index is -0.977. The largest absolute Gasteiger partial charge is 0.444 e. The first-order valence-electron chi connectivity index (χ1n) is 8.56. The van der Waals surface area contributed by atoms with E-state index in [2.05, 4.69) is 15.6 Å². The van der Waals surface area contributed by atoms with Crippen LogP contribution in [0.3, 0.4) is 0 Å². The molecular weight excluding hydrogens is 358 g/mol. The fourth-order valence-electron chi connectivity index (χ4n) is 2.56. The van der Waals surface area contributed by atoms with E-state index in [0.29, 0.717) is 6.54 Å². The Morgan fingerprint density at radius 3 is 2.74 bits per heavy atom. The Morgan fingerprint density at radius 1 is 1.37 bits per heavy atom. The van der Waals surface area contributed by atoms with Gasteiger partial charge in [-0.05, 0) is 39.0 Å². The molecule has 0 radical (unpaired) electrons. The van der Waals surface area contributed by atoms with Gasteiger partial charge in [0.1, 0.15) is 17.2 Å². The standard InChI is InChI=1S/C18H24F2N4O3/c1-18(2,3)27-17(26)23-16-22-8-7-21-10-13(15(25)24(16)4)12-9-11(19)5-6-14(12)20/h5-6,9,13,21H,7-8,10H2,1-4H3,(H,22,23,26)/t13-/m1/s1. The molecule has 2 amide bonds. The van der Waals surface area contributed by atoms with Crippen molar-refractivity contribution >= 4 is 18.0 Å². The van der Waals surface area contributed by atoms with Crippen LogP contribution in [-0.2, 0) is 9.53 Å². The van der Waals surface area contributed by atoms with E-state index in [-0.39, 0.29) is 24.6 Å². The molecule has 148 valence electrons. The molecule has 27 heavy (non-hydrogen) atoms. The summed E-state index contributed by atoms with van der Waals surface area (Å²) in [6.07, 6.45) is -0.762. The Kier molecular flexibility index (Phi) is 6.48. The average Bonchev–Trinajstić information content (AvgIpc) is 2.61. The van der Waals surface area contributed by atoms with Crippen molar-refractivity contribution in [3.8, 4) is 0 Å². The predicted molar refractivity (Wildman–Crippen MR) is 96.4 cm³/mol. The molecule has 7 nitrogen and oxygen atoms in total. The average molecular weight is 382 g/mol. The molecule has 2 N–H and O–H groups in total. The Labute approximate surface area is 156 Å². The van der Waals surface area contributed by atoms with Crippen LogP contribution in [-0.4, -0.2) is 55.1 Å². The lowest BCUT2D eigenvalue weighted by atomic mass is 9.96. The fraction of sp³-hybridized carbons (Fsp3) is 0.500. The zero-order valence-corrected chi connectivity index (χ0v) is 15.8. The van der Waals surface area contributed by atoms with Crippen molar-refractivity contribution in [2.75, 3.05) is 26.7 Å². The maximum absolute atomic E-state index is 14.2. The molecule has 1 atom stereocenters. The van der Waals surface area contributed by atoms with Crippen molar-refractivity contribution in [2.24, 2.45) is 4.99 Å². The van der Waals surface area contributed by atoms with Crippen LogP contribution in [0.25, 0.3) is 0 Å². The van der Waals surface area contributed by atoms with Crippen molar-refractivity contribution in [3.05, 3.63) is 35.4 Å². The first-order valence-corrected chi connectivity index (χ1v) is 8.56. The summed E-state index contributed by atoms with van der Waals surface area (Å²) in [7, 11) is 1.41. The highest BCUT2D eigenvalue weighted by Gasteiger charge is 2.31. The monoisotopic (exact) mass is 382 g/mol. The maximum atomic E-state index is 14.2. The molecule has 0 bridgehead atoms. The Balaban J connectivity index is 2.27. The van der Waals surface area contributed by atoms with Crippen molar-refractivity contribution in [2.45, 2.75) is 32.3 Å². The molecule has 0 saturated heterocycles. The zero-order chi connectivity index (χ0) is 20.2. The Bertz CT molecular complexity index is 747. The quantitative estimate of drug-likeness (QED) is 0.778. The summed E-state index contributed by atoms with van der Waals surface area (Å²) in [4.78, 5) is 30.3. The number of nitrogens with zero attached hydrogens (tertiary/aromatic N) is 2. The molecule has 0 spiro atoms. The van der Waals surface area contributed by atoms with E-state index in [1.807, 2.05) is 0 Å². The number of carbonyl (C=O) groups is 2. The Hall–Kier alpha value is -2.55. The van der Waals surface area contributed by atoms with Gasteiger partial charge in [0, 0.05) is 25.7 Å². The highest BCUT2D eigenvalue weighted by molar-refractivity contribution is 6.04. The molecule has 0 aromatic heterocycles. The van der Waals surface area contributed by atoms with E-state index >= 15 is 0 Å². The number of aliphatic imine (C=N–C) groups is 1. The zero-order valence-electron chi connectivity index (χ0n) is 15.8. The number of amides is 2. The second-order valence-electron chi connectivity index (χ2n) is 7.15. The number of carbonyl (C=O) groups excluding carboxylic acids is 2. The first kappa shape index (κ1) is 20.8. The summed E-state index contributed by atoms with van der Waals surface area (Å²) in [5.74, 6) is -2.84. The number of hydrogen-bond donors (Lipinski definition) is 2. The number of guanidine groups is 1. The molecular formula is C18H24F2N4O3. The molecule has 1 heterocycles. The minimum absolute atomic E-state index is 0.0141. The van der Waals surface area contributed by atoms with Gasteiger partial charge in [-0.15, -0.1) is 0 Å². The van der Waals surface area contributed by atoms with Crippen LogP contribution < -0.4 is 10.6 Å². The fourth-order valence-corrected chi connectivity index (χ4v) is 2.56. The molecule has 1 aliphatic heterocycles. The lowest BCUT2D eigenvalue weighted by Crippen LogP contribution is -2.48. The maximum Gasteiger partial charge on any atom is 0.414 e. The van der Waals surface area contributed by atoms with Gasteiger partial charge in [0.25, 0.3) is 0 Å². The van der Waals surface area contributed by atoms with E-state index in [9.17, 15) is 18.4 Å². The molecule has 1 aromatic carbocycles. The predicted octanol–water partition coefficient (Wildman–Crippen LogP) is 1.99. The second-order valence-corrected chi connectivity index (χ2v) is 7.15. The van der Waals surface area contributed by atoms with E-state index in [1.165, 1.54) is 7.05 Å². The van der Waals surface area contributed by atoms with Gasteiger partial charge in [0.05, 0.1) is 12.5 Å². The van der Waals surface area contributed by atoms with Crippen molar-refractivity contribution in [1.29, 1.82) is 0 Å². The van der Waals surface area contributed by atoms with Crippen molar-refractivity contribution < 1.29 is 23.1 Å². The van der Waals surface area contributed by atoms with Crippen LogP contribution in [0.15, 0.2) is 23.2 Å². The highest BCUT2D eigenvalue weighted by atomic mass is 19.1. The lowest BCUT2D eigenvalue weighted by molar-refractivity contribution is -0.128. The summed E-state index contributed by atoms with van der Waals surface area (Å²) in [6, 6.07) is 2.98. The lowest BCUT2D eigenvalue weighted by Gasteiger charge is -2.26. The normalized spacial score (nSPS) is 18.9. The van der Waals surface area contributed by atoms with Crippen LogP contribution in [0, 0.1) is 11.6 Å². The topological polar surface area (TPSA) is 83.0 Å². The molecule has 9 heteroatoms. The van der Waals surface area contributed by atoms with Gasteiger partial charge >= 0.3 is 6.09 Å². The highest BCUT2D eigenvalue weighted by Crippen LogP contribution is 2.22. The summed E-state index contributed by atoms with van der Waals surface area (Å²) >= 11 is 0. The van der Waals surface area contributed by atoms with Gasteiger partial charge in [-0.1, -0.05) is 0 Å². The molecule has 1 aliphatic rings. The van der Waals surface area contributed by atoms with Crippen LogP contribution in [0.2, 0.25) is 0 Å². The van der Waals surface area contributed by atoms with E-state index < -0.39 is 35.2 Å². The third-order valence-corrected chi connectivity index (χ3v) is 3.79. The SMILES string of the molecule is CN1C(=O)[C@@H](c2cc(F)ccc2F)CNCCN=C1NC(=O)OC(C)(C)C. The van der Waals surface area contributed by atoms with Gasteiger partial charge in [-0.3, -0.25) is 20.0 Å². The summed E-state index contributed by atoms with van der Waals surface area (Å²) in [5, 5.41) is 5.45. The van der Waals surface area contributed by atoms with Crippen LogP contribution in [0.4, 0.5) is 13.6 Å². The minimum Gasteiger partial charge on any atom is -0.444 e. The third-order valence-electron chi connectivity index (χ3n) is 3.79. The smallest absolute Gasteiger partial charge is 0.414 e. The van der Waals surface area contributed by atoms with Gasteiger partial charge in [-0.2, -0.15) is 0 Å². The number of rotatable bonds is 1. The number of hydrogen-bond acceptors (Lipinski definition) is 5. The Morgan fingerprint density at radius 2 is 2.07 bits per heavy atom. The second kappa shape index (κ2) is 8.43. The van der Waals surface area contributed by atoms with Crippen LogP contribution in [0.5, 0.6) is 0 Å². The first-order chi connectivity index (χ1) is 12.6.